The van der Waals surface area contributed by atoms with Crippen LogP contribution in [-0.4, -0.2) is 33.9 Å². The van der Waals surface area contributed by atoms with Crippen LogP contribution >= 0.6 is 11.8 Å². The van der Waals surface area contributed by atoms with E-state index in [2.05, 4.69) is 0 Å². The van der Waals surface area contributed by atoms with E-state index in [9.17, 15) is 19.5 Å². The molecule has 2 aromatic carbocycles. The van der Waals surface area contributed by atoms with Crippen LogP contribution in [0.25, 0.3) is 11.8 Å². The number of methoxy groups -OCH3 is 1. The second-order valence-corrected chi connectivity index (χ2v) is 8.23. The van der Waals surface area contributed by atoms with Crippen molar-refractivity contribution in [3.05, 3.63) is 82.0 Å². The molecule has 8 heteroatoms. The molecule has 2 heterocycles. The molecule has 1 fully saturated rings. The normalized spacial score (nSPS) is 15.0. The first-order chi connectivity index (χ1) is 15.3. The van der Waals surface area contributed by atoms with Gasteiger partial charge in [-0.1, -0.05) is 6.07 Å². The minimum Gasteiger partial charge on any atom is -0.497 e. The van der Waals surface area contributed by atoms with Crippen molar-refractivity contribution in [1.82, 2.24) is 4.57 Å². The average Bonchev–Trinajstić information content (AvgIpc) is 3.22. The Balaban J connectivity index is 1.68. The zero-order valence-corrected chi connectivity index (χ0v) is 18.5. The van der Waals surface area contributed by atoms with Crippen molar-refractivity contribution in [3.63, 3.8) is 0 Å². The van der Waals surface area contributed by atoms with Crippen LogP contribution in [0, 0.1) is 13.8 Å². The number of hydrogen-bond acceptors (Lipinski definition) is 5. The van der Waals surface area contributed by atoms with Crippen LogP contribution in [0.5, 0.6) is 5.75 Å². The molecule has 1 saturated heterocycles. The van der Waals surface area contributed by atoms with Gasteiger partial charge in [-0.3, -0.25) is 9.59 Å². The van der Waals surface area contributed by atoms with Gasteiger partial charge in [-0.05, 0) is 85.8 Å². The first kappa shape index (κ1) is 21.5. The molecule has 0 saturated carbocycles. The van der Waals surface area contributed by atoms with Crippen LogP contribution in [0.1, 0.15) is 27.3 Å². The topological polar surface area (TPSA) is 88.8 Å². The lowest BCUT2D eigenvalue weighted by atomic mass is 10.2. The van der Waals surface area contributed by atoms with E-state index >= 15 is 0 Å². The highest BCUT2D eigenvalue weighted by atomic mass is 32.2. The number of carbonyl (C=O) groups excluding carboxylic acids is 2. The zero-order valence-electron chi connectivity index (χ0n) is 17.7. The molecule has 0 bridgehead atoms. The third-order valence-electron chi connectivity index (χ3n) is 5.23. The van der Waals surface area contributed by atoms with Crippen molar-refractivity contribution in [2.75, 3.05) is 12.0 Å². The number of aromatic nitrogens is 1. The van der Waals surface area contributed by atoms with Crippen molar-refractivity contribution in [1.29, 1.82) is 0 Å². The van der Waals surface area contributed by atoms with Gasteiger partial charge in [-0.2, -0.15) is 0 Å². The van der Waals surface area contributed by atoms with E-state index < -0.39 is 5.97 Å². The van der Waals surface area contributed by atoms with Crippen LogP contribution in [0.3, 0.4) is 0 Å². The number of carboxylic acids is 1. The Morgan fingerprint density at radius 3 is 2.41 bits per heavy atom. The first-order valence-electron chi connectivity index (χ1n) is 9.75. The second kappa shape index (κ2) is 8.39. The summed E-state index contributed by atoms with van der Waals surface area (Å²) in [6, 6.07) is 15.3. The molecule has 0 aliphatic carbocycles. The molecule has 4 rings (SSSR count). The van der Waals surface area contributed by atoms with Crippen molar-refractivity contribution < 1.29 is 24.2 Å². The van der Waals surface area contributed by atoms with Crippen LogP contribution in [0.4, 0.5) is 10.5 Å². The number of carbonyl (C=O) groups is 3. The summed E-state index contributed by atoms with van der Waals surface area (Å²) >= 11 is 0.888. The minimum atomic E-state index is -0.998. The number of anilines is 1. The Kier molecular flexibility index (Phi) is 5.63. The fraction of sp³-hybridized carbons (Fsp3) is 0.125. The molecule has 2 amide bonds. The number of thioether (sulfide) groups is 1. The smallest absolute Gasteiger partial charge is 0.335 e. The summed E-state index contributed by atoms with van der Waals surface area (Å²) in [6.45, 7) is 3.79. The predicted octanol–water partition coefficient (Wildman–Crippen LogP) is 5.04. The number of ether oxygens (including phenoxy) is 1. The SMILES string of the molecule is COc1ccc(N2C(=O)S/C(=C\c3cc(C)n(-c4cccc(C(=O)O)c4)c3C)C2=O)cc1. The van der Waals surface area contributed by atoms with E-state index in [1.54, 1.807) is 49.6 Å². The zero-order chi connectivity index (χ0) is 23.0. The minimum absolute atomic E-state index is 0.192. The Morgan fingerprint density at radius 2 is 1.75 bits per heavy atom. The van der Waals surface area contributed by atoms with Crippen LogP contribution in [0.15, 0.2) is 59.5 Å². The van der Waals surface area contributed by atoms with E-state index in [-0.39, 0.29) is 16.7 Å². The quantitative estimate of drug-likeness (QED) is 0.550. The fourth-order valence-electron chi connectivity index (χ4n) is 3.67. The molecule has 1 aromatic heterocycles. The molecule has 3 aromatic rings. The van der Waals surface area contributed by atoms with Gasteiger partial charge in [0.25, 0.3) is 11.1 Å². The number of carboxylic acid groups (broad SMARTS) is 1. The highest BCUT2D eigenvalue weighted by molar-refractivity contribution is 8.19. The van der Waals surface area contributed by atoms with Crippen LogP contribution < -0.4 is 9.64 Å². The van der Waals surface area contributed by atoms with E-state index in [0.717, 1.165) is 33.6 Å². The molecular formula is C24H20N2O5S. The Bertz CT molecular complexity index is 1270. The van der Waals surface area contributed by atoms with Gasteiger partial charge in [0.1, 0.15) is 5.75 Å². The lowest BCUT2D eigenvalue weighted by Gasteiger charge is -2.12. The monoisotopic (exact) mass is 448 g/mol. The van der Waals surface area contributed by atoms with Crippen molar-refractivity contribution in [2.24, 2.45) is 0 Å². The third-order valence-corrected chi connectivity index (χ3v) is 6.10. The molecule has 32 heavy (non-hydrogen) atoms. The van der Waals surface area contributed by atoms with Crippen molar-refractivity contribution in [2.45, 2.75) is 13.8 Å². The Labute approximate surface area is 188 Å². The van der Waals surface area contributed by atoms with Gasteiger partial charge in [0, 0.05) is 17.1 Å². The van der Waals surface area contributed by atoms with Gasteiger partial charge in [-0.25, -0.2) is 9.69 Å². The number of rotatable bonds is 5. The highest BCUT2D eigenvalue weighted by Crippen LogP contribution is 2.37. The summed E-state index contributed by atoms with van der Waals surface area (Å²) < 4.78 is 7.05. The van der Waals surface area contributed by atoms with E-state index in [1.165, 1.54) is 6.07 Å². The lowest BCUT2D eigenvalue weighted by molar-refractivity contribution is -0.113. The molecular weight excluding hydrogens is 428 g/mol. The molecule has 0 radical (unpaired) electrons. The van der Waals surface area contributed by atoms with Gasteiger partial charge in [-0.15, -0.1) is 0 Å². The summed E-state index contributed by atoms with van der Waals surface area (Å²) in [5, 5.41) is 8.92. The number of aryl methyl sites for hydroxylation is 1. The van der Waals surface area contributed by atoms with E-state index in [1.807, 2.05) is 30.5 Å². The van der Waals surface area contributed by atoms with Gasteiger partial charge < -0.3 is 14.4 Å². The number of nitrogens with zero attached hydrogens (tertiary/aromatic N) is 2. The van der Waals surface area contributed by atoms with Gasteiger partial charge in [0.05, 0.1) is 23.3 Å². The molecule has 162 valence electrons. The second-order valence-electron chi connectivity index (χ2n) is 7.23. The maximum absolute atomic E-state index is 13.0. The number of amides is 2. The summed E-state index contributed by atoms with van der Waals surface area (Å²) in [5.74, 6) is -0.750. The maximum atomic E-state index is 13.0. The largest absolute Gasteiger partial charge is 0.497 e. The standard InChI is InChI=1S/C24H20N2O5S/c1-14-11-17(15(2)25(14)19-6-4-5-16(12-19)23(28)29)13-21-22(27)26(24(30)32-21)18-7-9-20(31-3)10-8-18/h4-13H,1-3H3,(H,28,29)/b21-13-. The van der Waals surface area contributed by atoms with Gasteiger partial charge >= 0.3 is 5.97 Å². The number of benzene rings is 2. The third kappa shape index (κ3) is 3.80. The van der Waals surface area contributed by atoms with Crippen LogP contribution in [0.2, 0.25) is 0 Å². The number of hydrogen-bond donors (Lipinski definition) is 1. The van der Waals surface area contributed by atoms with Gasteiger partial charge in [0.15, 0.2) is 0 Å². The molecule has 1 N–H and O–H groups in total. The van der Waals surface area contributed by atoms with Crippen molar-refractivity contribution >= 4 is 40.6 Å². The highest BCUT2D eigenvalue weighted by Gasteiger charge is 2.36. The lowest BCUT2D eigenvalue weighted by Crippen LogP contribution is -2.27. The fourth-order valence-corrected chi connectivity index (χ4v) is 4.50. The number of aromatic carboxylic acids is 1. The number of imide groups is 1. The average molecular weight is 449 g/mol. The summed E-state index contributed by atoms with van der Waals surface area (Å²) in [6.07, 6.45) is 1.70. The van der Waals surface area contributed by atoms with E-state index in [4.69, 9.17) is 4.74 Å². The van der Waals surface area contributed by atoms with Crippen LogP contribution in [-0.2, 0) is 4.79 Å². The Hall–Kier alpha value is -3.78. The summed E-state index contributed by atoms with van der Waals surface area (Å²) in [7, 11) is 1.55. The maximum Gasteiger partial charge on any atom is 0.335 e. The predicted molar refractivity (Wildman–Crippen MR) is 124 cm³/mol. The van der Waals surface area contributed by atoms with E-state index in [0.29, 0.717) is 22.0 Å². The molecule has 0 atom stereocenters. The molecule has 7 nitrogen and oxygen atoms in total. The summed E-state index contributed by atoms with van der Waals surface area (Å²) in [4.78, 5) is 38.3. The van der Waals surface area contributed by atoms with Crippen molar-refractivity contribution in [3.8, 4) is 11.4 Å². The molecule has 0 unspecified atom stereocenters. The van der Waals surface area contributed by atoms with Gasteiger partial charge in [0.2, 0.25) is 0 Å². The first-order valence-corrected chi connectivity index (χ1v) is 10.6. The Morgan fingerprint density at radius 1 is 1.03 bits per heavy atom. The molecule has 0 spiro atoms. The summed E-state index contributed by atoms with van der Waals surface area (Å²) in [5.41, 5.74) is 3.88. The molecule has 1 aliphatic heterocycles. The molecule has 1 aliphatic rings.